The van der Waals surface area contributed by atoms with Crippen LogP contribution in [-0.2, 0) is 0 Å². The Labute approximate surface area is 89.1 Å². The van der Waals surface area contributed by atoms with Gasteiger partial charge in [0.05, 0.1) is 18.2 Å². The fourth-order valence-corrected chi connectivity index (χ4v) is 0.935. The molecule has 0 saturated heterocycles. The van der Waals surface area contributed by atoms with E-state index in [1.165, 1.54) is 0 Å². The molecule has 0 radical (unpaired) electrons. The van der Waals surface area contributed by atoms with E-state index in [2.05, 4.69) is 16.8 Å². The first-order valence-electron chi connectivity index (χ1n) is 4.70. The molecule has 3 N–H and O–H groups in total. The lowest BCUT2D eigenvalue weighted by Gasteiger charge is -2.04. The SMILES string of the molecule is C[C@@H](N)C#Cc1cccnc1OCCO. The molecule has 15 heavy (non-hydrogen) atoms. The molecule has 0 aromatic carbocycles. The van der Waals surface area contributed by atoms with Crippen LogP contribution in [0.1, 0.15) is 12.5 Å². The van der Waals surface area contributed by atoms with Crippen LogP contribution in [0.25, 0.3) is 0 Å². The molecule has 1 aromatic heterocycles. The van der Waals surface area contributed by atoms with E-state index in [0.717, 1.165) is 0 Å². The van der Waals surface area contributed by atoms with Crippen LogP contribution in [0, 0.1) is 11.8 Å². The maximum Gasteiger partial charge on any atom is 0.229 e. The number of nitrogens with two attached hydrogens (primary N) is 1. The third kappa shape index (κ3) is 3.98. The molecule has 1 rings (SSSR count). The van der Waals surface area contributed by atoms with Gasteiger partial charge in [0.1, 0.15) is 6.61 Å². The molecule has 4 heteroatoms. The van der Waals surface area contributed by atoms with Crippen LogP contribution in [-0.4, -0.2) is 29.3 Å². The second-order valence-corrected chi connectivity index (χ2v) is 2.99. The van der Waals surface area contributed by atoms with Crippen molar-refractivity contribution in [2.45, 2.75) is 13.0 Å². The highest BCUT2D eigenvalue weighted by Crippen LogP contribution is 2.12. The smallest absolute Gasteiger partial charge is 0.229 e. The second kappa shape index (κ2) is 6.02. The zero-order valence-corrected chi connectivity index (χ0v) is 8.60. The van der Waals surface area contributed by atoms with E-state index in [4.69, 9.17) is 15.6 Å². The minimum absolute atomic E-state index is 0.0449. The largest absolute Gasteiger partial charge is 0.474 e. The Morgan fingerprint density at radius 2 is 2.47 bits per heavy atom. The van der Waals surface area contributed by atoms with E-state index >= 15 is 0 Å². The van der Waals surface area contributed by atoms with Crippen molar-refractivity contribution in [3.8, 4) is 17.7 Å². The Hall–Kier alpha value is -1.57. The zero-order valence-electron chi connectivity index (χ0n) is 8.60. The van der Waals surface area contributed by atoms with E-state index in [0.29, 0.717) is 11.4 Å². The van der Waals surface area contributed by atoms with Crippen LogP contribution in [0.4, 0.5) is 0 Å². The van der Waals surface area contributed by atoms with Crippen molar-refractivity contribution >= 4 is 0 Å². The molecule has 0 aliphatic rings. The van der Waals surface area contributed by atoms with E-state index in [1.807, 2.05) is 0 Å². The predicted octanol–water partition coefficient (Wildman–Crippen LogP) is 0.151. The van der Waals surface area contributed by atoms with Crippen LogP contribution in [0.15, 0.2) is 18.3 Å². The van der Waals surface area contributed by atoms with Crippen LogP contribution in [0.3, 0.4) is 0 Å². The van der Waals surface area contributed by atoms with Gasteiger partial charge in [0, 0.05) is 6.20 Å². The molecule has 0 unspecified atom stereocenters. The van der Waals surface area contributed by atoms with Gasteiger partial charge >= 0.3 is 0 Å². The lowest BCUT2D eigenvalue weighted by molar-refractivity contribution is 0.196. The molecular weight excluding hydrogens is 192 g/mol. The van der Waals surface area contributed by atoms with E-state index in [-0.39, 0.29) is 19.3 Å². The Morgan fingerprint density at radius 1 is 1.67 bits per heavy atom. The highest BCUT2D eigenvalue weighted by Gasteiger charge is 2.00. The predicted molar refractivity (Wildman–Crippen MR) is 57.3 cm³/mol. The van der Waals surface area contributed by atoms with Gasteiger partial charge in [0.25, 0.3) is 0 Å². The Bertz CT molecular complexity index is 366. The highest BCUT2D eigenvalue weighted by molar-refractivity contribution is 5.42. The number of pyridine rings is 1. The number of aromatic nitrogens is 1. The first kappa shape index (κ1) is 11.5. The van der Waals surface area contributed by atoms with Crippen molar-refractivity contribution in [2.24, 2.45) is 5.73 Å². The zero-order chi connectivity index (χ0) is 11.1. The van der Waals surface area contributed by atoms with Crippen molar-refractivity contribution < 1.29 is 9.84 Å². The van der Waals surface area contributed by atoms with Crippen molar-refractivity contribution in [1.29, 1.82) is 0 Å². The van der Waals surface area contributed by atoms with Crippen LogP contribution in [0.2, 0.25) is 0 Å². The lowest BCUT2D eigenvalue weighted by atomic mass is 10.2. The van der Waals surface area contributed by atoms with Gasteiger partial charge in [-0.1, -0.05) is 11.8 Å². The minimum Gasteiger partial charge on any atom is -0.474 e. The molecule has 0 saturated carbocycles. The summed E-state index contributed by atoms with van der Waals surface area (Å²) < 4.78 is 5.21. The van der Waals surface area contributed by atoms with Gasteiger partial charge < -0.3 is 15.6 Å². The van der Waals surface area contributed by atoms with E-state index in [9.17, 15) is 0 Å². The summed E-state index contributed by atoms with van der Waals surface area (Å²) in [5.41, 5.74) is 6.20. The van der Waals surface area contributed by atoms with Gasteiger partial charge in [-0.25, -0.2) is 4.98 Å². The molecule has 0 amide bonds. The van der Waals surface area contributed by atoms with Crippen molar-refractivity contribution in [3.05, 3.63) is 23.9 Å². The lowest BCUT2D eigenvalue weighted by Crippen LogP contribution is -2.11. The summed E-state index contributed by atoms with van der Waals surface area (Å²) in [6.45, 7) is 1.97. The molecule has 0 aliphatic heterocycles. The van der Waals surface area contributed by atoms with E-state index in [1.54, 1.807) is 25.3 Å². The summed E-state index contributed by atoms with van der Waals surface area (Å²) in [5, 5.41) is 8.63. The van der Waals surface area contributed by atoms with Crippen LogP contribution < -0.4 is 10.5 Å². The van der Waals surface area contributed by atoms with Gasteiger partial charge in [0.2, 0.25) is 5.88 Å². The molecule has 0 aliphatic carbocycles. The number of aliphatic hydroxyl groups is 1. The fourth-order valence-electron chi connectivity index (χ4n) is 0.935. The van der Waals surface area contributed by atoms with Gasteiger partial charge in [-0.15, -0.1) is 0 Å². The molecular formula is C11H14N2O2. The average molecular weight is 206 g/mol. The maximum absolute atomic E-state index is 8.63. The van der Waals surface area contributed by atoms with Gasteiger partial charge in [0.15, 0.2) is 0 Å². The van der Waals surface area contributed by atoms with Crippen molar-refractivity contribution in [1.82, 2.24) is 4.98 Å². The summed E-state index contributed by atoms with van der Waals surface area (Å²) in [6.07, 6.45) is 1.61. The molecule has 0 fully saturated rings. The first-order valence-corrected chi connectivity index (χ1v) is 4.70. The number of hydrogen-bond acceptors (Lipinski definition) is 4. The van der Waals surface area contributed by atoms with Crippen molar-refractivity contribution in [2.75, 3.05) is 13.2 Å². The topological polar surface area (TPSA) is 68.4 Å². The summed E-state index contributed by atoms with van der Waals surface area (Å²) in [6, 6.07) is 3.39. The number of nitrogens with zero attached hydrogens (tertiary/aromatic N) is 1. The molecule has 0 bridgehead atoms. The number of aliphatic hydroxyl groups excluding tert-OH is 1. The molecule has 0 spiro atoms. The molecule has 1 heterocycles. The Kier molecular flexibility index (Phi) is 4.61. The number of rotatable bonds is 3. The monoisotopic (exact) mass is 206 g/mol. The first-order chi connectivity index (χ1) is 7.24. The van der Waals surface area contributed by atoms with Gasteiger partial charge in [-0.3, -0.25) is 0 Å². The number of hydrogen-bond donors (Lipinski definition) is 2. The number of ether oxygens (including phenoxy) is 1. The average Bonchev–Trinajstić information content (AvgIpc) is 2.24. The van der Waals surface area contributed by atoms with Gasteiger partial charge in [-0.05, 0) is 19.1 Å². The van der Waals surface area contributed by atoms with Crippen LogP contribution >= 0.6 is 0 Å². The molecule has 80 valence electrons. The maximum atomic E-state index is 8.63. The quantitative estimate of drug-likeness (QED) is 0.691. The Morgan fingerprint density at radius 3 is 3.13 bits per heavy atom. The third-order valence-corrected chi connectivity index (χ3v) is 1.54. The molecule has 4 nitrogen and oxygen atoms in total. The summed E-state index contributed by atoms with van der Waals surface area (Å²) in [5.74, 6) is 6.13. The normalized spacial score (nSPS) is 11.4. The fraction of sp³-hybridized carbons (Fsp3) is 0.364. The van der Waals surface area contributed by atoms with E-state index < -0.39 is 0 Å². The summed E-state index contributed by atoms with van der Waals surface area (Å²) in [7, 11) is 0. The molecule has 1 aromatic rings. The molecule has 1 atom stereocenters. The summed E-state index contributed by atoms with van der Waals surface area (Å²) in [4.78, 5) is 4.02. The second-order valence-electron chi connectivity index (χ2n) is 2.99. The Balaban J connectivity index is 2.83. The minimum atomic E-state index is -0.184. The van der Waals surface area contributed by atoms with Crippen LogP contribution in [0.5, 0.6) is 5.88 Å². The summed E-state index contributed by atoms with van der Waals surface area (Å²) >= 11 is 0. The standard InChI is InChI=1S/C11H14N2O2/c1-9(12)4-5-10-3-2-6-13-11(10)15-8-7-14/h2-3,6,9,14H,7-8,12H2,1H3/t9-/m1/s1. The van der Waals surface area contributed by atoms with Gasteiger partial charge in [-0.2, -0.15) is 0 Å². The highest BCUT2D eigenvalue weighted by atomic mass is 16.5. The van der Waals surface area contributed by atoms with Crippen molar-refractivity contribution in [3.63, 3.8) is 0 Å². The third-order valence-electron chi connectivity index (χ3n) is 1.54.